The number of aromatic amines is 1. The first-order valence-electron chi connectivity index (χ1n) is 5.68. The quantitative estimate of drug-likeness (QED) is 0.795. The molecule has 0 aliphatic heterocycles. The van der Waals surface area contributed by atoms with Crippen LogP contribution in [0.3, 0.4) is 0 Å². The summed E-state index contributed by atoms with van der Waals surface area (Å²) in [7, 11) is 0. The Balaban J connectivity index is 2.42. The van der Waals surface area contributed by atoms with E-state index in [2.05, 4.69) is 10.3 Å². The monoisotopic (exact) mass is 220 g/mol. The standard InChI is InChI=1S/C12H16N2O2/c1-3-13-12(16)11-7(2)10-8(14-11)5-4-6-9(10)15/h14H,3-6H2,1-2H3,(H,13,16). The third-order valence-electron chi connectivity index (χ3n) is 3.00. The lowest BCUT2D eigenvalue weighted by Gasteiger charge is -2.09. The minimum absolute atomic E-state index is 0.123. The summed E-state index contributed by atoms with van der Waals surface area (Å²) in [6.45, 7) is 4.31. The number of Topliss-reactive ketones (excluding diaryl/α,β-unsaturated/α-hetero) is 1. The molecule has 0 saturated heterocycles. The van der Waals surface area contributed by atoms with Gasteiger partial charge in [0.15, 0.2) is 5.78 Å². The van der Waals surface area contributed by atoms with Crippen LogP contribution in [0, 0.1) is 6.92 Å². The zero-order valence-corrected chi connectivity index (χ0v) is 9.64. The number of amides is 1. The van der Waals surface area contributed by atoms with E-state index in [0.29, 0.717) is 18.7 Å². The molecule has 4 nitrogen and oxygen atoms in total. The van der Waals surface area contributed by atoms with Gasteiger partial charge in [0.2, 0.25) is 0 Å². The Hall–Kier alpha value is -1.58. The van der Waals surface area contributed by atoms with E-state index in [1.165, 1.54) is 0 Å². The van der Waals surface area contributed by atoms with Crippen LogP contribution in [0.25, 0.3) is 0 Å². The van der Waals surface area contributed by atoms with Crippen LogP contribution in [-0.2, 0) is 6.42 Å². The molecule has 0 fully saturated rings. The van der Waals surface area contributed by atoms with Crippen molar-refractivity contribution in [2.24, 2.45) is 0 Å². The third kappa shape index (κ3) is 1.64. The number of fused-ring (bicyclic) bond motifs is 1. The Morgan fingerprint density at radius 1 is 1.44 bits per heavy atom. The SMILES string of the molecule is CCNC(=O)c1[nH]c2c(c1C)C(=O)CCC2. The van der Waals surface area contributed by atoms with E-state index in [4.69, 9.17) is 0 Å². The van der Waals surface area contributed by atoms with Crippen molar-refractivity contribution in [3.05, 3.63) is 22.5 Å². The number of carbonyl (C=O) groups excluding carboxylic acids is 2. The summed E-state index contributed by atoms with van der Waals surface area (Å²) in [4.78, 5) is 26.6. The van der Waals surface area contributed by atoms with Gasteiger partial charge in [-0.25, -0.2) is 0 Å². The molecule has 0 bridgehead atoms. The molecule has 16 heavy (non-hydrogen) atoms. The molecule has 0 atom stereocenters. The van der Waals surface area contributed by atoms with Gasteiger partial charge < -0.3 is 10.3 Å². The summed E-state index contributed by atoms with van der Waals surface area (Å²) >= 11 is 0. The van der Waals surface area contributed by atoms with Crippen molar-refractivity contribution in [3.8, 4) is 0 Å². The molecule has 86 valence electrons. The molecule has 0 aromatic carbocycles. The van der Waals surface area contributed by atoms with Crippen molar-refractivity contribution in [2.75, 3.05) is 6.54 Å². The number of hydrogen-bond acceptors (Lipinski definition) is 2. The second-order valence-corrected chi connectivity index (χ2v) is 4.11. The summed E-state index contributed by atoms with van der Waals surface area (Å²) in [6, 6.07) is 0. The fourth-order valence-electron chi connectivity index (χ4n) is 2.25. The highest BCUT2D eigenvalue weighted by Crippen LogP contribution is 2.26. The number of H-pyrrole nitrogens is 1. The summed E-state index contributed by atoms with van der Waals surface area (Å²) in [5.74, 6) is 0.0350. The van der Waals surface area contributed by atoms with Gasteiger partial charge in [-0.05, 0) is 32.3 Å². The van der Waals surface area contributed by atoms with Crippen molar-refractivity contribution in [3.63, 3.8) is 0 Å². The minimum Gasteiger partial charge on any atom is -0.354 e. The van der Waals surface area contributed by atoms with E-state index in [0.717, 1.165) is 29.7 Å². The van der Waals surface area contributed by atoms with Crippen molar-refractivity contribution < 1.29 is 9.59 Å². The lowest BCUT2D eigenvalue weighted by atomic mass is 9.94. The molecule has 1 aromatic rings. The molecule has 2 N–H and O–H groups in total. The molecule has 1 amide bonds. The number of rotatable bonds is 2. The number of nitrogens with one attached hydrogen (secondary N) is 2. The van der Waals surface area contributed by atoms with Crippen molar-refractivity contribution in [1.29, 1.82) is 0 Å². The van der Waals surface area contributed by atoms with Gasteiger partial charge in [-0.1, -0.05) is 0 Å². The second kappa shape index (κ2) is 4.12. The van der Waals surface area contributed by atoms with Crippen molar-refractivity contribution in [1.82, 2.24) is 10.3 Å². The second-order valence-electron chi connectivity index (χ2n) is 4.11. The van der Waals surface area contributed by atoms with Crippen LogP contribution in [-0.4, -0.2) is 23.2 Å². The highest BCUT2D eigenvalue weighted by molar-refractivity contribution is 6.04. The fourth-order valence-corrected chi connectivity index (χ4v) is 2.25. The van der Waals surface area contributed by atoms with Crippen LogP contribution in [0.1, 0.15) is 51.9 Å². The molecular weight excluding hydrogens is 204 g/mol. The van der Waals surface area contributed by atoms with Crippen LogP contribution in [0.5, 0.6) is 0 Å². The Morgan fingerprint density at radius 3 is 2.81 bits per heavy atom. The van der Waals surface area contributed by atoms with E-state index in [1.54, 1.807) is 0 Å². The molecule has 1 heterocycles. The molecule has 1 aliphatic rings. The highest BCUT2D eigenvalue weighted by Gasteiger charge is 2.25. The number of carbonyl (C=O) groups is 2. The van der Waals surface area contributed by atoms with Gasteiger partial charge >= 0.3 is 0 Å². The summed E-state index contributed by atoms with van der Waals surface area (Å²) in [5, 5.41) is 2.75. The van der Waals surface area contributed by atoms with Crippen LogP contribution >= 0.6 is 0 Å². The normalized spacial score (nSPS) is 14.8. The number of ketones is 1. The average Bonchev–Trinajstić information content (AvgIpc) is 2.58. The summed E-state index contributed by atoms with van der Waals surface area (Å²) in [6.07, 6.45) is 2.34. The molecule has 0 radical (unpaired) electrons. The Labute approximate surface area is 94.4 Å². The summed E-state index contributed by atoms with van der Waals surface area (Å²) in [5.41, 5.74) is 3.01. The topological polar surface area (TPSA) is 62.0 Å². The van der Waals surface area contributed by atoms with Gasteiger partial charge in [-0.3, -0.25) is 9.59 Å². The Morgan fingerprint density at radius 2 is 2.19 bits per heavy atom. The maximum absolute atomic E-state index is 11.7. The first-order chi connectivity index (χ1) is 7.65. The third-order valence-corrected chi connectivity index (χ3v) is 3.00. The van der Waals surface area contributed by atoms with Crippen molar-refractivity contribution in [2.45, 2.75) is 33.1 Å². The smallest absolute Gasteiger partial charge is 0.267 e. The Kier molecular flexibility index (Phi) is 2.81. The lowest BCUT2D eigenvalue weighted by Crippen LogP contribution is -2.23. The van der Waals surface area contributed by atoms with E-state index in [9.17, 15) is 9.59 Å². The number of hydrogen-bond donors (Lipinski definition) is 2. The minimum atomic E-state index is -0.123. The van der Waals surface area contributed by atoms with E-state index < -0.39 is 0 Å². The molecule has 0 saturated carbocycles. The van der Waals surface area contributed by atoms with Gasteiger partial charge in [0, 0.05) is 24.2 Å². The van der Waals surface area contributed by atoms with E-state index in [1.807, 2.05) is 13.8 Å². The van der Waals surface area contributed by atoms with Gasteiger partial charge in [0.1, 0.15) is 5.69 Å². The largest absolute Gasteiger partial charge is 0.354 e. The van der Waals surface area contributed by atoms with Gasteiger partial charge in [0.25, 0.3) is 5.91 Å². The number of aromatic nitrogens is 1. The van der Waals surface area contributed by atoms with Gasteiger partial charge in [-0.15, -0.1) is 0 Å². The molecular formula is C12H16N2O2. The molecule has 4 heteroatoms. The molecule has 0 unspecified atom stereocenters. The summed E-state index contributed by atoms with van der Waals surface area (Å²) < 4.78 is 0. The predicted molar refractivity (Wildman–Crippen MR) is 60.8 cm³/mol. The predicted octanol–water partition coefficient (Wildman–Crippen LogP) is 1.59. The molecule has 2 rings (SSSR count). The zero-order chi connectivity index (χ0) is 11.7. The first-order valence-corrected chi connectivity index (χ1v) is 5.68. The van der Waals surface area contributed by atoms with Crippen LogP contribution in [0.4, 0.5) is 0 Å². The molecule has 1 aromatic heterocycles. The molecule has 0 spiro atoms. The maximum Gasteiger partial charge on any atom is 0.267 e. The zero-order valence-electron chi connectivity index (χ0n) is 9.64. The first kappa shape index (κ1) is 10.9. The average molecular weight is 220 g/mol. The lowest BCUT2D eigenvalue weighted by molar-refractivity contribution is 0.0949. The molecule has 1 aliphatic carbocycles. The maximum atomic E-state index is 11.7. The highest BCUT2D eigenvalue weighted by atomic mass is 16.2. The van der Waals surface area contributed by atoms with Crippen molar-refractivity contribution >= 4 is 11.7 Å². The van der Waals surface area contributed by atoms with Gasteiger partial charge in [-0.2, -0.15) is 0 Å². The fraction of sp³-hybridized carbons (Fsp3) is 0.500. The van der Waals surface area contributed by atoms with Crippen LogP contribution in [0.2, 0.25) is 0 Å². The number of aryl methyl sites for hydroxylation is 1. The van der Waals surface area contributed by atoms with E-state index in [-0.39, 0.29) is 11.7 Å². The van der Waals surface area contributed by atoms with Gasteiger partial charge in [0.05, 0.1) is 0 Å². The van der Waals surface area contributed by atoms with Crippen LogP contribution in [0.15, 0.2) is 0 Å². The van der Waals surface area contributed by atoms with Crippen LogP contribution < -0.4 is 5.32 Å². The van der Waals surface area contributed by atoms with E-state index >= 15 is 0 Å². The Bertz CT molecular complexity index is 446.